The van der Waals surface area contributed by atoms with Crippen LogP contribution in [0, 0.1) is 11.6 Å². The first-order valence-electron chi connectivity index (χ1n) is 5.62. The number of nitrogens with zero attached hydrogens (tertiary/aromatic N) is 2. The van der Waals surface area contributed by atoms with Crippen LogP contribution in [0.2, 0.25) is 0 Å². The number of nitrogens with one attached hydrogen (secondary N) is 1. The quantitative estimate of drug-likeness (QED) is 0.780. The van der Waals surface area contributed by atoms with E-state index in [1.165, 1.54) is 18.2 Å². The fourth-order valence-corrected chi connectivity index (χ4v) is 1.67. The van der Waals surface area contributed by atoms with Crippen molar-refractivity contribution in [3.8, 4) is 0 Å². The lowest BCUT2D eigenvalue weighted by Crippen LogP contribution is -2.09. The van der Waals surface area contributed by atoms with Gasteiger partial charge in [-0.2, -0.15) is 9.97 Å². The third kappa shape index (κ3) is 3.77. The number of benzene rings is 1. The van der Waals surface area contributed by atoms with E-state index in [1.807, 2.05) is 0 Å². The van der Waals surface area contributed by atoms with Crippen LogP contribution in [-0.4, -0.2) is 16.5 Å². The van der Waals surface area contributed by atoms with Crippen molar-refractivity contribution < 1.29 is 8.78 Å². The van der Waals surface area contributed by atoms with Gasteiger partial charge in [0.05, 0.1) is 0 Å². The zero-order valence-electron chi connectivity index (χ0n) is 10.0. The lowest BCUT2D eigenvalue weighted by molar-refractivity contribution is 0.580. The minimum atomic E-state index is -0.592. The molecule has 0 amide bonds. The molecule has 1 heterocycles. The van der Waals surface area contributed by atoms with Crippen molar-refractivity contribution in [2.24, 2.45) is 0 Å². The van der Waals surface area contributed by atoms with Crippen molar-refractivity contribution in [1.29, 1.82) is 0 Å². The number of halogens is 2. The summed E-state index contributed by atoms with van der Waals surface area (Å²) in [5, 5.41) is 2.96. The summed E-state index contributed by atoms with van der Waals surface area (Å²) in [4.78, 5) is 7.66. The number of nitrogen functional groups attached to an aromatic ring is 2. The molecular weight excluding hydrogens is 252 g/mol. The highest BCUT2D eigenvalue weighted by atomic mass is 19.1. The predicted molar refractivity (Wildman–Crippen MR) is 69.4 cm³/mol. The molecule has 7 heteroatoms. The monoisotopic (exact) mass is 265 g/mol. The van der Waals surface area contributed by atoms with Gasteiger partial charge < -0.3 is 16.8 Å². The van der Waals surface area contributed by atoms with Crippen LogP contribution in [0.25, 0.3) is 0 Å². The van der Waals surface area contributed by atoms with Crippen molar-refractivity contribution in [2.75, 3.05) is 23.3 Å². The molecular formula is C12H13F2N5. The molecule has 0 aliphatic rings. The Bertz CT molecular complexity index is 496. The molecule has 5 N–H and O–H groups in total. The average molecular weight is 265 g/mol. The molecule has 2 rings (SSSR count). The Kier molecular flexibility index (Phi) is 3.74. The fraction of sp³-hybridized carbons (Fsp3) is 0.167. The van der Waals surface area contributed by atoms with Gasteiger partial charge in [0.25, 0.3) is 0 Å². The van der Waals surface area contributed by atoms with Crippen molar-refractivity contribution in [2.45, 2.75) is 6.42 Å². The van der Waals surface area contributed by atoms with E-state index >= 15 is 0 Å². The maximum Gasteiger partial charge on any atom is 0.223 e. The summed E-state index contributed by atoms with van der Waals surface area (Å²) in [5.41, 5.74) is 11.5. The summed E-state index contributed by atoms with van der Waals surface area (Å²) in [5.74, 6) is -0.385. The van der Waals surface area contributed by atoms with E-state index in [-0.39, 0.29) is 11.8 Å². The highest BCUT2D eigenvalue weighted by Crippen LogP contribution is 2.11. The van der Waals surface area contributed by atoms with Crippen LogP contribution < -0.4 is 16.8 Å². The van der Waals surface area contributed by atoms with Crippen LogP contribution in [0.5, 0.6) is 0 Å². The summed E-state index contributed by atoms with van der Waals surface area (Å²) in [6, 6.07) is 4.94. The van der Waals surface area contributed by atoms with Gasteiger partial charge in [0, 0.05) is 18.7 Å². The Morgan fingerprint density at radius 2 is 1.68 bits per heavy atom. The van der Waals surface area contributed by atoms with Crippen LogP contribution in [0.3, 0.4) is 0 Å². The molecule has 0 aliphatic carbocycles. The summed E-state index contributed by atoms with van der Waals surface area (Å²) < 4.78 is 25.9. The Balaban J connectivity index is 1.96. The van der Waals surface area contributed by atoms with Crippen LogP contribution in [0.4, 0.5) is 26.4 Å². The van der Waals surface area contributed by atoms with Gasteiger partial charge in [-0.05, 0) is 24.1 Å². The number of anilines is 3. The Morgan fingerprint density at radius 3 is 2.32 bits per heavy atom. The van der Waals surface area contributed by atoms with Gasteiger partial charge >= 0.3 is 0 Å². The normalized spacial score (nSPS) is 10.4. The van der Waals surface area contributed by atoms with Gasteiger partial charge in [-0.3, -0.25) is 0 Å². The van der Waals surface area contributed by atoms with E-state index in [0.717, 1.165) is 6.07 Å². The summed E-state index contributed by atoms with van der Waals surface area (Å²) in [6.07, 6.45) is 0.443. The molecule has 0 saturated heterocycles. The standard InChI is InChI=1S/C12H13F2N5/c13-8-3-7(4-9(14)5-8)1-2-17-11-6-10(15)18-12(16)19-11/h3-6H,1-2H2,(H5,15,16,17,18,19). The Morgan fingerprint density at radius 1 is 1.00 bits per heavy atom. The van der Waals surface area contributed by atoms with Gasteiger partial charge in [0.15, 0.2) is 0 Å². The highest BCUT2D eigenvalue weighted by Gasteiger charge is 2.02. The number of nitrogens with two attached hydrogens (primary N) is 2. The maximum atomic E-state index is 13.0. The molecule has 1 aromatic heterocycles. The third-order valence-electron chi connectivity index (χ3n) is 2.41. The molecule has 0 fully saturated rings. The molecule has 2 aromatic rings. The number of hydrogen-bond donors (Lipinski definition) is 3. The SMILES string of the molecule is Nc1cc(NCCc2cc(F)cc(F)c2)nc(N)n1. The number of aromatic nitrogens is 2. The van der Waals surface area contributed by atoms with Gasteiger partial charge in [-0.1, -0.05) is 0 Å². The topological polar surface area (TPSA) is 89.8 Å². The maximum absolute atomic E-state index is 13.0. The van der Waals surface area contributed by atoms with E-state index in [2.05, 4.69) is 15.3 Å². The molecule has 0 saturated carbocycles. The van der Waals surface area contributed by atoms with Gasteiger partial charge in [0.1, 0.15) is 23.3 Å². The molecule has 1 aromatic carbocycles. The highest BCUT2D eigenvalue weighted by molar-refractivity contribution is 5.48. The van der Waals surface area contributed by atoms with Crippen LogP contribution in [0.15, 0.2) is 24.3 Å². The summed E-state index contributed by atoms with van der Waals surface area (Å²) >= 11 is 0. The Hall–Kier alpha value is -2.44. The predicted octanol–water partition coefficient (Wildman–Crippen LogP) is 1.57. The minimum Gasteiger partial charge on any atom is -0.383 e. The average Bonchev–Trinajstić information content (AvgIpc) is 2.26. The van der Waals surface area contributed by atoms with E-state index in [0.29, 0.717) is 24.3 Å². The van der Waals surface area contributed by atoms with Crippen molar-refractivity contribution in [1.82, 2.24) is 9.97 Å². The molecule has 100 valence electrons. The Labute approximate surface area is 108 Å². The first-order valence-corrected chi connectivity index (χ1v) is 5.62. The largest absolute Gasteiger partial charge is 0.383 e. The summed E-state index contributed by atoms with van der Waals surface area (Å²) in [7, 11) is 0. The molecule has 0 atom stereocenters. The van der Waals surface area contributed by atoms with Gasteiger partial charge in [-0.15, -0.1) is 0 Å². The molecule has 5 nitrogen and oxygen atoms in total. The second-order valence-corrected chi connectivity index (χ2v) is 3.99. The zero-order valence-corrected chi connectivity index (χ0v) is 10.0. The van der Waals surface area contributed by atoms with E-state index in [9.17, 15) is 8.78 Å². The molecule has 19 heavy (non-hydrogen) atoms. The molecule has 0 bridgehead atoms. The number of rotatable bonds is 4. The van der Waals surface area contributed by atoms with Crippen LogP contribution >= 0.6 is 0 Å². The molecule has 0 radical (unpaired) electrons. The molecule has 0 aliphatic heterocycles. The third-order valence-corrected chi connectivity index (χ3v) is 2.41. The molecule has 0 spiro atoms. The lowest BCUT2D eigenvalue weighted by atomic mass is 10.1. The van der Waals surface area contributed by atoms with Crippen LogP contribution in [0.1, 0.15) is 5.56 Å². The summed E-state index contributed by atoms with van der Waals surface area (Å²) in [6.45, 7) is 0.443. The first kappa shape index (κ1) is 13.0. The first-order chi connectivity index (χ1) is 9.02. The molecule has 0 unspecified atom stereocenters. The number of hydrogen-bond acceptors (Lipinski definition) is 5. The lowest BCUT2D eigenvalue weighted by Gasteiger charge is -2.07. The smallest absolute Gasteiger partial charge is 0.223 e. The van der Waals surface area contributed by atoms with Crippen LogP contribution in [-0.2, 0) is 6.42 Å². The van der Waals surface area contributed by atoms with Crippen molar-refractivity contribution in [3.63, 3.8) is 0 Å². The zero-order chi connectivity index (χ0) is 13.8. The van der Waals surface area contributed by atoms with Gasteiger partial charge in [0.2, 0.25) is 5.95 Å². The fourth-order valence-electron chi connectivity index (χ4n) is 1.67. The van der Waals surface area contributed by atoms with Gasteiger partial charge in [-0.25, -0.2) is 8.78 Å². The second kappa shape index (κ2) is 5.47. The minimum absolute atomic E-state index is 0.0688. The van der Waals surface area contributed by atoms with E-state index < -0.39 is 11.6 Å². The van der Waals surface area contributed by atoms with Crippen molar-refractivity contribution in [3.05, 3.63) is 41.5 Å². The van der Waals surface area contributed by atoms with E-state index in [1.54, 1.807) is 0 Å². The van der Waals surface area contributed by atoms with E-state index in [4.69, 9.17) is 11.5 Å². The second-order valence-electron chi connectivity index (χ2n) is 3.99. The van der Waals surface area contributed by atoms with Crippen molar-refractivity contribution >= 4 is 17.6 Å².